The van der Waals surface area contributed by atoms with E-state index in [0.29, 0.717) is 57.9 Å². The molecule has 0 spiro atoms. The van der Waals surface area contributed by atoms with Gasteiger partial charge in [0.1, 0.15) is 5.69 Å². The Morgan fingerprint density at radius 1 is 1.11 bits per heavy atom. The van der Waals surface area contributed by atoms with Gasteiger partial charge in [-0.15, -0.1) is 0 Å². The number of nitrogens with zero attached hydrogens (tertiary/aromatic N) is 2. The first-order valence-electron chi connectivity index (χ1n) is 13.0. The number of ketones is 2. The maximum Gasteiger partial charge on any atom is 0.192 e. The van der Waals surface area contributed by atoms with Crippen LogP contribution in [0, 0.1) is 12.8 Å². The van der Waals surface area contributed by atoms with Crippen molar-refractivity contribution in [1.82, 2.24) is 10.2 Å². The zero-order valence-corrected chi connectivity index (χ0v) is 20.8. The van der Waals surface area contributed by atoms with Crippen molar-refractivity contribution in [3.63, 3.8) is 0 Å². The number of benzene rings is 2. The van der Waals surface area contributed by atoms with E-state index in [1.54, 1.807) is 18.2 Å². The fourth-order valence-electron chi connectivity index (χ4n) is 5.81. The minimum absolute atomic E-state index is 0.106. The number of rotatable bonds is 5. The second kappa shape index (κ2) is 9.17. The zero-order chi connectivity index (χ0) is 24.8. The van der Waals surface area contributed by atoms with Crippen LogP contribution in [-0.4, -0.2) is 47.9 Å². The Hall–Kier alpha value is -3.51. The van der Waals surface area contributed by atoms with E-state index in [1.165, 1.54) is 19.3 Å². The van der Waals surface area contributed by atoms with Crippen molar-refractivity contribution in [2.24, 2.45) is 10.9 Å². The highest BCUT2D eigenvalue weighted by atomic mass is 16.5. The molecule has 1 N–H and O–H groups in total. The maximum atomic E-state index is 13.8. The van der Waals surface area contributed by atoms with Gasteiger partial charge in [-0.05, 0) is 57.4 Å². The molecule has 6 heteroatoms. The van der Waals surface area contributed by atoms with E-state index in [0.717, 1.165) is 25.1 Å². The number of carbonyl (C=O) groups excluding carboxylic acids is 2. The van der Waals surface area contributed by atoms with Gasteiger partial charge in [-0.3, -0.25) is 9.59 Å². The highest BCUT2D eigenvalue weighted by Gasteiger charge is 2.46. The first kappa shape index (κ1) is 22.9. The van der Waals surface area contributed by atoms with E-state index >= 15 is 0 Å². The Balaban J connectivity index is 1.35. The molecule has 2 aliphatic heterocycles. The molecule has 0 bridgehead atoms. The molecule has 2 aromatic carbocycles. The molecule has 0 aromatic heterocycles. The van der Waals surface area contributed by atoms with Crippen molar-refractivity contribution in [2.45, 2.75) is 45.6 Å². The first-order valence-corrected chi connectivity index (χ1v) is 13.0. The summed E-state index contributed by atoms with van der Waals surface area (Å²) in [6, 6.07) is 13.5. The van der Waals surface area contributed by atoms with Crippen LogP contribution in [-0.2, 0) is 0 Å². The molecule has 0 amide bonds. The van der Waals surface area contributed by atoms with Crippen molar-refractivity contribution < 1.29 is 14.3 Å². The van der Waals surface area contributed by atoms with Gasteiger partial charge < -0.3 is 15.0 Å². The average molecular weight is 482 g/mol. The molecule has 6 nitrogen and oxygen atoms in total. The molecule has 1 fully saturated rings. The van der Waals surface area contributed by atoms with Crippen LogP contribution < -0.4 is 10.1 Å². The number of aryl methyl sites for hydroxylation is 1. The zero-order valence-electron chi connectivity index (χ0n) is 20.8. The van der Waals surface area contributed by atoms with E-state index < -0.39 is 5.92 Å². The van der Waals surface area contributed by atoms with Crippen molar-refractivity contribution >= 4 is 23.0 Å². The average Bonchev–Trinajstić information content (AvgIpc) is 2.89. The number of fused-ring (bicyclic) bond motifs is 5. The Morgan fingerprint density at radius 3 is 2.78 bits per heavy atom. The number of aliphatic imine (C=N–C) groups is 1. The molecular weight excluding hydrogens is 450 g/mol. The number of ether oxygens (including phenoxy) is 1. The van der Waals surface area contributed by atoms with Crippen LogP contribution in [0.2, 0.25) is 0 Å². The first-order chi connectivity index (χ1) is 17.5. The van der Waals surface area contributed by atoms with Crippen molar-refractivity contribution in [3.8, 4) is 5.75 Å². The molecule has 2 heterocycles. The lowest BCUT2D eigenvalue weighted by atomic mass is 9.72. The fourth-order valence-corrected chi connectivity index (χ4v) is 5.81. The minimum atomic E-state index is -0.772. The molecular formula is C30H31N3O3. The molecule has 2 aliphatic carbocycles. The van der Waals surface area contributed by atoms with Crippen LogP contribution in [0.15, 0.2) is 70.6 Å². The van der Waals surface area contributed by atoms with Gasteiger partial charge in [-0.1, -0.05) is 36.8 Å². The molecule has 2 aromatic rings. The normalized spacial score (nSPS) is 23.1. The van der Waals surface area contributed by atoms with Gasteiger partial charge in [0.15, 0.2) is 23.1 Å². The number of carbonyl (C=O) groups is 2. The van der Waals surface area contributed by atoms with Crippen molar-refractivity contribution in [1.29, 1.82) is 0 Å². The number of piperidine rings is 1. The quantitative estimate of drug-likeness (QED) is 0.598. The maximum absolute atomic E-state index is 13.8. The van der Waals surface area contributed by atoms with Crippen LogP contribution in [0.5, 0.6) is 5.75 Å². The van der Waals surface area contributed by atoms with E-state index in [-0.39, 0.29) is 11.6 Å². The van der Waals surface area contributed by atoms with Crippen LogP contribution in [0.1, 0.15) is 58.9 Å². The van der Waals surface area contributed by atoms with Crippen molar-refractivity contribution in [2.75, 3.05) is 19.6 Å². The lowest BCUT2D eigenvalue weighted by molar-refractivity contribution is 0.0908. The predicted molar refractivity (Wildman–Crippen MR) is 140 cm³/mol. The van der Waals surface area contributed by atoms with Gasteiger partial charge in [-0.2, -0.15) is 0 Å². The van der Waals surface area contributed by atoms with E-state index in [9.17, 15) is 9.59 Å². The van der Waals surface area contributed by atoms with E-state index in [2.05, 4.69) is 17.1 Å². The lowest BCUT2D eigenvalue weighted by Gasteiger charge is -2.35. The lowest BCUT2D eigenvalue weighted by Crippen LogP contribution is -2.42. The van der Waals surface area contributed by atoms with Gasteiger partial charge in [0.2, 0.25) is 0 Å². The summed E-state index contributed by atoms with van der Waals surface area (Å²) < 4.78 is 6.27. The number of hydrogen-bond acceptors (Lipinski definition) is 6. The summed E-state index contributed by atoms with van der Waals surface area (Å²) in [5, 5.41) is 3.49. The van der Waals surface area contributed by atoms with Crippen molar-refractivity contribution in [3.05, 3.63) is 82.3 Å². The number of nitrogens with one attached hydrogen (secondary N) is 1. The number of hydrogen-bond donors (Lipinski definition) is 1. The molecule has 0 saturated carbocycles. The SMILES string of the molecule is Cc1ccc2c(c1)OC1=CC(NCCCN3CCCC[C@@H]3C)=C3C(=O)c4ccccc4C(=O)C3C1=N2. The number of likely N-dealkylation sites (tertiary alicyclic amines) is 1. The Labute approximate surface area is 211 Å². The van der Waals surface area contributed by atoms with Gasteiger partial charge in [-0.25, -0.2) is 4.99 Å². The minimum Gasteiger partial charge on any atom is -0.453 e. The highest BCUT2D eigenvalue weighted by Crippen LogP contribution is 2.43. The highest BCUT2D eigenvalue weighted by molar-refractivity contribution is 6.33. The van der Waals surface area contributed by atoms with Gasteiger partial charge in [0.25, 0.3) is 0 Å². The second-order valence-corrected chi connectivity index (χ2v) is 10.2. The van der Waals surface area contributed by atoms with Gasteiger partial charge in [0, 0.05) is 47.6 Å². The fraction of sp³-hybridized carbons (Fsp3) is 0.367. The van der Waals surface area contributed by atoms with E-state index in [1.807, 2.05) is 37.3 Å². The Morgan fingerprint density at radius 2 is 1.94 bits per heavy atom. The van der Waals surface area contributed by atoms with Crippen LogP contribution in [0.4, 0.5) is 5.69 Å². The summed E-state index contributed by atoms with van der Waals surface area (Å²) in [7, 11) is 0. The summed E-state index contributed by atoms with van der Waals surface area (Å²) in [5.74, 6) is 0.211. The van der Waals surface area contributed by atoms with Crippen LogP contribution in [0.3, 0.4) is 0 Å². The molecule has 1 saturated heterocycles. The second-order valence-electron chi connectivity index (χ2n) is 10.2. The third-order valence-electron chi connectivity index (χ3n) is 7.78. The summed E-state index contributed by atoms with van der Waals surface area (Å²) in [4.78, 5) is 34.8. The molecule has 36 heavy (non-hydrogen) atoms. The molecule has 4 aliphatic rings. The summed E-state index contributed by atoms with van der Waals surface area (Å²) >= 11 is 0. The summed E-state index contributed by atoms with van der Waals surface area (Å²) in [5.41, 5.74) is 4.33. The van der Waals surface area contributed by atoms with Gasteiger partial charge in [0.05, 0.1) is 11.6 Å². The third-order valence-corrected chi connectivity index (χ3v) is 7.78. The Bertz CT molecular complexity index is 1350. The molecule has 6 rings (SSSR count). The monoisotopic (exact) mass is 481 g/mol. The van der Waals surface area contributed by atoms with Gasteiger partial charge >= 0.3 is 0 Å². The Kier molecular flexibility index (Phi) is 5.84. The third kappa shape index (κ3) is 3.90. The topological polar surface area (TPSA) is 71.0 Å². The largest absolute Gasteiger partial charge is 0.453 e. The van der Waals surface area contributed by atoms with E-state index in [4.69, 9.17) is 9.73 Å². The molecule has 0 radical (unpaired) electrons. The standard InChI is InChI=1S/C30H31N3O3/c1-18-11-12-22-24(16-18)36-25-17-23(31-13-7-15-33-14-6-5-8-19(33)2)26-27(28(25)32-22)30(35)21-10-4-3-9-20(21)29(26)34/h3-4,9-12,16-17,19,27,31H,5-8,13-15H2,1-2H3/t19-,27?/m0/s1. The summed E-state index contributed by atoms with van der Waals surface area (Å²) in [6.07, 6.45) is 6.64. The smallest absolute Gasteiger partial charge is 0.192 e. The summed E-state index contributed by atoms with van der Waals surface area (Å²) in [6.45, 7) is 7.19. The molecule has 1 unspecified atom stereocenters. The predicted octanol–water partition coefficient (Wildman–Crippen LogP) is 5.16. The molecule has 184 valence electrons. The number of allylic oxidation sites excluding steroid dienone is 3. The molecule has 2 atom stereocenters. The van der Waals surface area contributed by atoms with Crippen LogP contribution in [0.25, 0.3) is 0 Å². The number of Topliss-reactive ketones (excluding diaryl/α,β-unsaturated/α-hetero) is 2. The van der Waals surface area contributed by atoms with Crippen LogP contribution >= 0.6 is 0 Å².